The third-order valence-corrected chi connectivity index (χ3v) is 16.6. The number of para-hydroxylation sites is 3. The Morgan fingerprint density at radius 1 is 0.281 bits per heavy atom. The fraction of sp³-hybridized carbons (Fsp3) is 0. The summed E-state index contributed by atoms with van der Waals surface area (Å²) in [5, 5.41) is 10.5. The van der Waals surface area contributed by atoms with Crippen molar-refractivity contribution < 1.29 is 0 Å². The average Bonchev–Trinajstić information content (AvgIpc) is 3.81. The Kier molecular flexibility index (Phi) is 7.87. The van der Waals surface area contributed by atoms with Crippen LogP contribution in [0.3, 0.4) is 0 Å². The molecule has 268 valence electrons. The van der Waals surface area contributed by atoms with Crippen LogP contribution >= 0.6 is 0 Å². The molecule has 0 atom stereocenters. The van der Waals surface area contributed by atoms with Crippen LogP contribution in [-0.2, 0) is 0 Å². The molecule has 0 radical (unpaired) electrons. The molecule has 0 saturated heterocycles. The zero-order chi connectivity index (χ0) is 37.8. The van der Waals surface area contributed by atoms with Crippen molar-refractivity contribution in [1.29, 1.82) is 0 Å². The Morgan fingerprint density at radius 3 is 1.47 bits per heavy atom. The number of rotatable bonds is 7. The van der Waals surface area contributed by atoms with Gasteiger partial charge in [0.05, 0.1) is 22.1 Å². The van der Waals surface area contributed by atoms with Gasteiger partial charge in [0.15, 0.2) is 8.07 Å². The number of hydrogen-bond donors (Lipinski definition) is 0. The highest BCUT2D eigenvalue weighted by molar-refractivity contribution is 7.20. The van der Waals surface area contributed by atoms with Crippen LogP contribution < -0.4 is 20.7 Å². The standard InChI is InChI=1S/C54H38N2Si/c1-5-19-39(20-6-1)40-21-17-28-45(37-40)57(43-24-9-3-10-25-43,44-26-11-4-12-27-44)53-34-18-33-52-54(53)47-30-14-16-32-50(47)56(52)42-35-36-51-48(38-42)46-29-13-15-31-49(46)55(51)41-22-7-2-8-23-41/h1-38H. The predicted octanol–water partition coefficient (Wildman–Crippen LogP) is 10.9. The van der Waals surface area contributed by atoms with Crippen molar-refractivity contribution >= 4 is 72.4 Å². The molecule has 0 N–H and O–H groups in total. The second kappa shape index (κ2) is 13.5. The monoisotopic (exact) mass is 742 g/mol. The summed E-state index contributed by atoms with van der Waals surface area (Å²) in [6, 6.07) is 85.3. The van der Waals surface area contributed by atoms with E-state index in [0.29, 0.717) is 0 Å². The highest BCUT2D eigenvalue weighted by Crippen LogP contribution is 2.37. The van der Waals surface area contributed by atoms with Crippen molar-refractivity contribution in [3.63, 3.8) is 0 Å². The Labute approximate surface area is 333 Å². The van der Waals surface area contributed by atoms with Gasteiger partial charge in [0.2, 0.25) is 0 Å². The fourth-order valence-electron chi connectivity index (χ4n) is 9.47. The molecule has 0 unspecified atom stereocenters. The summed E-state index contributed by atoms with van der Waals surface area (Å²) in [6.07, 6.45) is 0. The molecular weight excluding hydrogens is 705 g/mol. The van der Waals surface area contributed by atoms with E-state index in [1.807, 2.05) is 0 Å². The number of fused-ring (bicyclic) bond motifs is 6. The third kappa shape index (κ3) is 5.17. The van der Waals surface area contributed by atoms with Gasteiger partial charge in [-0.25, -0.2) is 0 Å². The van der Waals surface area contributed by atoms with Gasteiger partial charge in [-0.05, 0) is 80.4 Å². The molecular formula is C54H38N2Si. The van der Waals surface area contributed by atoms with Crippen LogP contribution in [0.1, 0.15) is 0 Å². The van der Waals surface area contributed by atoms with Crippen LogP contribution in [0, 0.1) is 0 Å². The molecule has 0 aliphatic carbocycles. The van der Waals surface area contributed by atoms with Gasteiger partial charge in [0, 0.05) is 32.9 Å². The SMILES string of the molecule is c1ccc(-c2cccc([Si](c3ccccc3)(c3ccccc3)c3cccc4c3c3ccccc3n4-c3ccc4c(c3)c3ccccc3n4-c3ccccc3)c2)cc1. The molecule has 57 heavy (non-hydrogen) atoms. The molecule has 0 fully saturated rings. The lowest BCUT2D eigenvalue weighted by Gasteiger charge is -2.35. The Balaban J connectivity index is 1.24. The van der Waals surface area contributed by atoms with Gasteiger partial charge < -0.3 is 9.13 Å². The first-order valence-electron chi connectivity index (χ1n) is 19.7. The van der Waals surface area contributed by atoms with E-state index < -0.39 is 8.07 Å². The van der Waals surface area contributed by atoms with Gasteiger partial charge >= 0.3 is 0 Å². The van der Waals surface area contributed by atoms with Crippen LogP contribution in [0.25, 0.3) is 66.1 Å². The van der Waals surface area contributed by atoms with E-state index in [0.717, 1.165) is 11.4 Å². The molecule has 11 rings (SSSR count). The van der Waals surface area contributed by atoms with Crippen molar-refractivity contribution in [2.24, 2.45) is 0 Å². The van der Waals surface area contributed by atoms with E-state index >= 15 is 0 Å². The van der Waals surface area contributed by atoms with Crippen molar-refractivity contribution in [1.82, 2.24) is 9.13 Å². The zero-order valence-electron chi connectivity index (χ0n) is 31.3. The maximum atomic E-state index is 2.50. The number of benzene rings is 9. The predicted molar refractivity (Wildman–Crippen MR) is 244 cm³/mol. The quantitative estimate of drug-likeness (QED) is 0.114. The second-order valence-corrected chi connectivity index (χ2v) is 18.6. The van der Waals surface area contributed by atoms with Crippen LogP contribution in [0.5, 0.6) is 0 Å². The first kappa shape index (κ1) is 33.2. The highest BCUT2D eigenvalue weighted by Gasteiger charge is 2.43. The van der Waals surface area contributed by atoms with Crippen LogP contribution in [0.15, 0.2) is 231 Å². The van der Waals surface area contributed by atoms with Crippen LogP contribution in [0.4, 0.5) is 0 Å². The largest absolute Gasteiger partial charge is 0.309 e. The summed E-state index contributed by atoms with van der Waals surface area (Å²) in [6.45, 7) is 0. The zero-order valence-corrected chi connectivity index (χ0v) is 32.3. The minimum absolute atomic E-state index is 1.15. The molecule has 0 aliphatic heterocycles. The maximum Gasteiger partial charge on any atom is 0.180 e. The van der Waals surface area contributed by atoms with E-state index in [9.17, 15) is 0 Å². The summed E-state index contributed by atoms with van der Waals surface area (Å²) < 4.78 is 4.89. The average molecular weight is 743 g/mol. The van der Waals surface area contributed by atoms with Gasteiger partial charge in [-0.3, -0.25) is 0 Å². The summed E-state index contributed by atoms with van der Waals surface area (Å²) in [5.74, 6) is 0. The first-order chi connectivity index (χ1) is 28.3. The van der Waals surface area contributed by atoms with Crippen molar-refractivity contribution in [2.75, 3.05) is 0 Å². The van der Waals surface area contributed by atoms with Gasteiger partial charge in [-0.15, -0.1) is 0 Å². The Hall–Kier alpha value is -7.20. The van der Waals surface area contributed by atoms with Gasteiger partial charge in [-0.2, -0.15) is 0 Å². The van der Waals surface area contributed by atoms with E-state index in [1.54, 1.807) is 0 Å². The summed E-state index contributed by atoms with van der Waals surface area (Å²) in [5.41, 5.74) is 9.59. The molecule has 0 aliphatic rings. The fourth-order valence-corrected chi connectivity index (χ4v) is 14.5. The first-order valence-corrected chi connectivity index (χ1v) is 21.7. The lowest BCUT2D eigenvalue weighted by molar-refractivity contribution is 1.17. The second-order valence-electron chi connectivity index (χ2n) is 14.9. The van der Waals surface area contributed by atoms with Gasteiger partial charge in [-0.1, -0.05) is 182 Å². The molecule has 0 spiro atoms. The van der Waals surface area contributed by atoms with Gasteiger partial charge in [0.1, 0.15) is 0 Å². The van der Waals surface area contributed by atoms with Crippen LogP contribution in [0.2, 0.25) is 0 Å². The Morgan fingerprint density at radius 2 is 0.772 bits per heavy atom. The Bertz CT molecular complexity index is 3180. The molecule has 3 heteroatoms. The summed E-state index contributed by atoms with van der Waals surface area (Å²) in [7, 11) is -2.96. The van der Waals surface area contributed by atoms with E-state index in [4.69, 9.17) is 0 Å². The normalized spacial score (nSPS) is 11.9. The van der Waals surface area contributed by atoms with Crippen molar-refractivity contribution in [3.05, 3.63) is 231 Å². The molecule has 0 bridgehead atoms. The van der Waals surface area contributed by atoms with E-state index in [-0.39, 0.29) is 0 Å². The maximum absolute atomic E-state index is 2.96. The third-order valence-electron chi connectivity index (χ3n) is 11.8. The van der Waals surface area contributed by atoms with Gasteiger partial charge in [0.25, 0.3) is 0 Å². The van der Waals surface area contributed by atoms with Crippen LogP contribution in [-0.4, -0.2) is 17.2 Å². The molecule has 2 nitrogen and oxygen atoms in total. The minimum Gasteiger partial charge on any atom is -0.309 e. The summed E-state index contributed by atoms with van der Waals surface area (Å²) >= 11 is 0. The minimum atomic E-state index is -2.96. The smallest absolute Gasteiger partial charge is 0.180 e. The summed E-state index contributed by atoms with van der Waals surface area (Å²) in [4.78, 5) is 0. The molecule has 2 heterocycles. The highest BCUT2D eigenvalue weighted by atomic mass is 28.3. The van der Waals surface area contributed by atoms with Crippen molar-refractivity contribution in [3.8, 4) is 22.5 Å². The number of hydrogen-bond acceptors (Lipinski definition) is 0. The number of aromatic nitrogens is 2. The van der Waals surface area contributed by atoms with E-state index in [1.165, 1.54) is 75.5 Å². The lowest BCUT2D eigenvalue weighted by atomic mass is 10.1. The topological polar surface area (TPSA) is 9.86 Å². The molecule has 2 aromatic heterocycles. The number of nitrogens with zero attached hydrogens (tertiary/aromatic N) is 2. The lowest BCUT2D eigenvalue weighted by Crippen LogP contribution is -2.74. The van der Waals surface area contributed by atoms with E-state index in [2.05, 4.69) is 240 Å². The van der Waals surface area contributed by atoms with Crippen molar-refractivity contribution in [2.45, 2.75) is 0 Å². The molecule has 11 aromatic rings. The molecule has 0 amide bonds. The molecule has 9 aromatic carbocycles. The molecule has 0 saturated carbocycles.